The van der Waals surface area contributed by atoms with Gasteiger partial charge in [0.25, 0.3) is 0 Å². The maximum Gasteiger partial charge on any atom is 0.326 e. The minimum Gasteiger partial charge on any atom is -0.459 e. The van der Waals surface area contributed by atoms with Crippen LogP contribution < -0.4 is 15.5 Å². The van der Waals surface area contributed by atoms with E-state index < -0.39 is 23.7 Å². The van der Waals surface area contributed by atoms with Gasteiger partial charge in [0.05, 0.1) is 43.4 Å². The topological polar surface area (TPSA) is 109 Å². The Labute approximate surface area is 226 Å². The van der Waals surface area contributed by atoms with Crippen molar-refractivity contribution in [3.63, 3.8) is 0 Å². The summed E-state index contributed by atoms with van der Waals surface area (Å²) in [4.78, 5) is 26.8. The summed E-state index contributed by atoms with van der Waals surface area (Å²) in [5.74, 6) is -0.459. The van der Waals surface area contributed by atoms with E-state index in [-0.39, 0.29) is 18.1 Å². The second-order valence-electron chi connectivity index (χ2n) is 10.9. The highest BCUT2D eigenvalue weighted by Crippen LogP contribution is 2.38. The SMILES string of the molecule is C/C=C(\C=C(\C)C(C)=O)C1Nc2cc(CNC(C(=O)OC(C)(C)C)C(C)O)ccc2N1CC1COCCO1. The smallest absolute Gasteiger partial charge is 0.326 e. The van der Waals surface area contributed by atoms with Crippen molar-refractivity contribution in [3.8, 4) is 0 Å². The number of nitrogens with zero attached hydrogens (tertiary/aromatic N) is 1. The first kappa shape index (κ1) is 29.8. The Kier molecular flexibility index (Phi) is 10.1. The van der Waals surface area contributed by atoms with Gasteiger partial charge in [-0.15, -0.1) is 0 Å². The zero-order valence-corrected chi connectivity index (χ0v) is 23.7. The summed E-state index contributed by atoms with van der Waals surface area (Å²) in [6.07, 6.45) is 2.76. The number of hydrogen-bond acceptors (Lipinski definition) is 9. The number of anilines is 2. The summed E-state index contributed by atoms with van der Waals surface area (Å²) in [5.41, 5.74) is 3.91. The van der Waals surface area contributed by atoms with E-state index >= 15 is 0 Å². The van der Waals surface area contributed by atoms with Crippen LogP contribution in [-0.4, -0.2) is 73.2 Å². The van der Waals surface area contributed by atoms with Crippen LogP contribution >= 0.6 is 0 Å². The molecular weight excluding hydrogens is 486 g/mol. The first-order valence-corrected chi connectivity index (χ1v) is 13.2. The molecule has 0 aromatic heterocycles. The minimum atomic E-state index is -0.913. The van der Waals surface area contributed by atoms with E-state index in [4.69, 9.17) is 14.2 Å². The molecule has 1 aromatic carbocycles. The molecular formula is C29H43N3O6. The molecule has 4 atom stereocenters. The standard InChI is InChI=1S/C29H43N3O6/c1-8-22(13-18(2)19(3)33)27-31-24-14-21(15-30-26(20(4)34)28(35)38-29(5,6)7)9-10-25(24)32(27)16-23-17-36-11-12-37-23/h8-10,13-14,20,23,26-27,30-31,34H,11-12,15-17H2,1-7H3/b18-13-,22-8+. The highest BCUT2D eigenvalue weighted by atomic mass is 16.6. The number of esters is 1. The molecule has 0 radical (unpaired) electrons. The van der Waals surface area contributed by atoms with Crippen molar-refractivity contribution in [1.29, 1.82) is 0 Å². The van der Waals surface area contributed by atoms with Gasteiger partial charge in [0.15, 0.2) is 5.78 Å². The van der Waals surface area contributed by atoms with Crippen molar-refractivity contribution in [2.45, 2.75) is 85.0 Å². The van der Waals surface area contributed by atoms with Gasteiger partial charge >= 0.3 is 5.97 Å². The largest absolute Gasteiger partial charge is 0.459 e. The van der Waals surface area contributed by atoms with Crippen LogP contribution in [0, 0.1) is 0 Å². The summed E-state index contributed by atoms with van der Waals surface area (Å²) < 4.78 is 17.0. The second kappa shape index (κ2) is 12.9. The highest BCUT2D eigenvalue weighted by Gasteiger charge is 2.34. The lowest BCUT2D eigenvalue weighted by Gasteiger charge is -2.33. The van der Waals surface area contributed by atoms with E-state index in [2.05, 4.69) is 15.5 Å². The molecule has 3 rings (SSSR count). The van der Waals surface area contributed by atoms with Crippen LogP contribution in [0.3, 0.4) is 0 Å². The maximum atomic E-state index is 12.6. The molecule has 2 aliphatic rings. The van der Waals surface area contributed by atoms with Crippen molar-refractivity contribution in [3.05, 3.63) is 47.1 Å². The van der Waals surface area contributed by atoms with Crippen molar-refractivity contribution >= 4 is 23.1 Å². The third-order valence-electron chi connectivity index (χ3n) is 6.52. The van der Waals surface area contributed by atoms with Crippen LogP contribution in [0.1, 0.15) is 54.0 Å². The van der Waals surface area contributed by atoms with E-state index in [0.29, 0.717) is 38.5 Å². The lowest BCUT2D eigenvalue weighted by Crippen LogP contribution is -2.47. The van der Waals surface area contributed by atoms with Crippen LogP contribution in [0.4, 0.5) is 11.4 Å². The molecule has 4 unspecified atom stereocenters. The quantitative estimate of drug-likeness (QED) is 0.239. The summed E-state index contributed by atoms with van der Waals surface area (Å²) in [6, 6.07) is 5.23. The predicted octanol–water partition coefficient (Wildman–Crippen LogP) is 3.32. The second-order valence-corrected chi connectivity index (χ2v) is 10.9. The number of Topliss-reactive ketones (excluding diaryl/α,β-unsaturated/α-hetero) is 1. The molecule has 1 aromatic rings. The van der Waals surface area contributed by atoms with Crippen molar-refractivity contribution in [1.82, 2.24) is 5.32 Å². The van der Waals surface area contributed by atoms with Crippen LogP contribution in [0.15, 0.2) is 41.5 Å². The highest BCUT2D eigenvalue weighted by molar-refractivity contribution is 5.93. The fourth-order valence-corrected chi connectivity index (χ4v) is 4.47. The van der Waals surface area contributed by atoms with Crippen LogP contribution in [0.2, 0.25) is 0 Å². The van der Waals surface area contributed by atoms with Gasteiger partial charge in [0, 0.05) is 13.1 Å². The maximum absolute atomic E-state index is 12.6. The number of ketones is 1. The van der Waals surface area contributed by atoms with Crippen LogP contribution in [0.25, 0.3) is 0 Å². The number of nitrogens with one attached hydrogen (secondary N) is 2. The average molecular weight is 530 g/mol. The monoisotopic (exact) mass is 529 g/mol. The molecule has 0 saturated carbocycles. The number of ether oxygens (including phenoxy) is 3. The average Bonchev–Trinajstić information content (AvgIpc) is 3.19. The third kappa shape index (κ3) is 7.89. The third-order valence-corrected chi connectivity index (χ3v) is 6.52. The minimum absolute atomic E-state index is 0.0291. The Morgan fingerprint density at radius 1 is 1.29 bits per heavy atom. The molecule has 9 heteroatoms. The number of aliphatic hydroxyl groups is 1. The molecule has 2 aliphatic heterocycles. The fraction of sp³-hybridized carbons (Fsp3) is 0.586. The molecule has 3 N–H and O–H groups in total. The number of hydrogen-bond donors (Lipinski definition) is 3. The van der Waals surface area contributed by atoms with Gasteiger partial charge in [-0.05, 0) is 83.4 Å². The molecule has 2 heterocycles. The molecule has 1 saturated heterocycles. The number of carbonyl (C=O) groups is 2. The zero-order chi connectivity index (χ0) is 28.0. The first-order valence-electron chi connectivity index (χ1n) is 13.2. The Balaban J connectivity index is 1.83. The van der Waals surface area contributed by atoms with Gasteiger partial charge in [-0.3, -0.25) is 14.9 Å². The molecule has 210 valence electrons. The molecule has 0 spiro atoms. The zero-order valence-electron chi connectivity index (χ0n) is 23.7. The van der Waals surface area contributed by atoms with Gasteiger partial charge in [-0.1, -0.05) is 12.1 Å². The molecule has 0 amide bonds. The summed E-state index contributed by atoms with van der Waals surface area (Å²) >= 11 is 0. The number of fused-ring (bicyclic) bond motifs is 1. The fourth-order valence-electron chi connectivity index (χ4n) is 4.47. The first-order chi connectivity index (χ1) is 17.9. The molecule has 0 bridgehead atoms. The molecule has 38 heavy (non-hydrogen) atoms. The number of benzene rings is 1. The van der Waals surface area contributed by atoms with E-state index in [9.17, 15) is 14.7 Å². The Morgan fingerprint density at radius 2 is 2.03 bits per heavy atom. The number of rotatable bonds is 10. The van der Waals surface area contributed by atoms with Gasteiger partial charge in [-0.2, -0.15) is 0 Å². The van der Waals surface area contributed by atoms with Crippen LogP contribution in [0.5, 0.6) is 0 Å². The van der Waals surface area contributed by atoms with E-state index in [1.54, 1.807) is 34.6 Å². The van der Waals surface area contributed by atoms with Gasteiger partial charge in [0.1, 0.15) is 17.8 Å². The van der Waals surface area contributed by atoms with Crippen molar-refractivity contribution in [2.24, 2.45) is 0 Å². The Hall–Kier alpha value is -2.72. The summed E-state index contributed by atoms with van der Waals surface area (Å²) in [5, 5.41) is 17.0. The Morgan fingerprint density at radius 3 is 2.61 bits per heavy atom. The lowest BCUT2D eigenvalue weighted by molar-refractivity contribution is -0.160. The van der Waals surface area contributed by atoms with Crippen LogP contribution in [-0.2, 0) is 30.3 Å². The van der Waals surface area contributed by atoms with Gasteiger partial charge in [-0.25, -0.2) is 0 Å². The summed E-state index contributed by atoms with van der Waals surface area (Å²) in [7, 11) is 0. The van der Waals surface area contributed by atoms with E-state index in [1.165, 1.54) is 0 Å². The van der Waals surface area contributed by atoms with Gasteiger partial charge in [0.2, 0.25) is 0 Å². The van der Waals surface area contributed by atoms with E-state index in [1.807, 2.05) is 44.2 Å². The predicted molar refractivity (Wildman–Crippen MR) is 148 cm³/mol. The number of allylic oxidation sites excluding steroid dienone is 2. The van der Waals surface area contributed by atoms with Gasteiger partial charge < -0.3 is 29.5 Å². The number of carbonyl (C=O) groups excluding carboxylic acids is 2. The molecule has 1 fully saturated rings. The Bertz CT molecular complexity index is 1050. The van der Waals surface area contributed by atoms with Crippen molar-refractivity contribution in [2.75, 3.05) is 36.6 Å². The van der Waals surface area contributed by atoms with Crippen molar-refractivity contribution < 1.29 is 28.9 Å². The van der Waals surface area contributed by atoms with E-state index in [0.717, 1.165) is 22.5 Å². The number of aliphatic hydroxyl groups excluding tert-OH is 1. The molecule has 0 aliphatic carbocycles. The summed E-state index contributed by atoms with van der Waals surface area (Å²) in [6.45, 7) is 15.0. The molecule has 9 nitrogen and oxygen atoms in total. The normalized spacial score (nSPS) is 21.9. The lowest BCUT2D eigenvalue weighted by atomic mass is 10.1.